The van der Waals surface area contributed by atoms with Crippen LogP contribution in [-0.2, 0) is 0 Å². The van der Waals surface area contributed by atoms with Crippen molar-refractivity contribution in [2.24, 2.45) is 10.7 Å². The van der Waals surface area contributed by atoms with E-state index in [-0.39, 0.29) is 0 Å². The Morgan fingerprint density at radius 2 is 2.11 bits per heavy atom. The molecule has 2 N–H and O–H groups in total. The van der Waals surface area contributed by atoms with Gasteiger partial charge in [-0.3, -0.25) is 0 Å². The van der Waals surface area contributed by atoms with E-state index < -0.39 is 0 Å². The van der Waals surface area contributed by atoms with Gasteiger partial charge in [0.15, 0.2) is 0 Å². The summed E-state index contributed by atoms with van der Waals surface area (Å²) in [7, 11) is 0. The van der Waals surface area contributed by atoms with E-state index in [1.807, 2.05) is 13.8 Å². The summed E-state index contributed by atoms with van der Waals surface area (Å²) in [5.41, 5.74) is 7.02. The third kappa shape index (κ3) is 2.69. The van der Waals surface area contributed by atoms with Crippen LogP contribution in [0.3, 0.4) is 0 Å². The number of hydrogen-bond donors (Lipinski definition) is 1. The van der Waals surface area contributed by atoms with Crippen LogP contribution in [-0.4, -0.2) is 6.34 Å². The van der Waals surface area contributed by atoms with Gasteiger partial charge in [-0.15, -0.1) is 0 Å². The number of allylic oxidation sites excluding steroid dienone is 3. The molecule has 0 heterocycles. The Balaban J connectivity index is 4.27. The number of rotatable bonds is 2. The van der Waals surface area contributed by atoms with Gasteiger partial charge < -0.3 is 5.73 Å². The molecular weight excluding hydrogens is 112 g/mol. The topological polar surface area (TPSA) is 38.4 Å². The third-order valence-electron chi connectivity index (χ3n) is 1.15. The quantitative estimate of drug-likeness (QED) is 0.338. The lowest BCUT2D eigenvalue weighted by molar-refractivity contribution is 1.24. The molecule has 0 aliphatic carbocycles. The molecule has 0 unspecified atom stereocenters. The molecule has 0 aromatic rings. The predicted molar refractivity (Wildman–Crippen MR) is 41.3 cm³/mol. The third-order valence-corrected chi connectivity index (χ3v) is 1.15. The molecular formula is C7H12N2. The normalized spacial score (nSPS) is 13.6. The average Bonchev–Trinajstić information content (AvgIpc) is 1.87. The molecule has 50 valence electrons. The number of nitrogens with zero attached hydrogens (tertiary/aromatic N) is 1. The van der Waals surface area contributed by atoms with E-state index in [9.17, 15) is 0 Å². The highest BCUT2D eigenvalue weighted by atomic mass is 14.8. The Labute approximate surface area is 55.8 Å². The highest BCUT2D eigenvalue weighted by molar-refractivity contribution is 5.53. The van der Waals surface area contributed by atoms with Crippen LogP contribution in [0.25, 0.3) is 0 Å². The SMILES string of the molecule is C=C/C(C)=C(/C)N=CN. The first-order valence-electron chi connectivity index (χ1n) is 2.76. The average molecular weight is 124 g/mol. The Morgan fingerprint density at radius 3 is 2.44 bits per heavy atom. The van der Waals surface area contributed by atoms with Gasteiger partial charge in [0.1, 0.15) is 0 Å². The van der Waals surface area contributed by atoms with Crippen LogP contribution in [0.5, 0.6) is 0 Å². The molecule has 0 amide bonds. The highest BCUT2D eigenvalue weighted by Crippen LogP contribution is 2.03. The smallest absolute Gasteiger partial charge is 0.0856 e. The van der Waals surface area contributed by atoms with Gasteiger partial charge in [0, 0.05) is 5.70 Å². The summed E-state index contributed by atoms with van der Waals surface area (Å²) >= 11 is 0. The zero-order valence-corrected chi connectivity index (χ0v) is 5.89. The molecule has 0 aromatic heterocycles. The van der Waals surface area contributed by atoms with Gasteiger partial charge in [0.2, 0.25) is 0 Å². The van der Waals surface area contributed by atoms with Crippen molar-refractivity contribution in [3.63, 3.8) is 0 Å². The molecule has 0 saturated heterocycles. The van der Waals surface area contributed by atoms with Gasteiger partial charge in [-0.05, 0) is 19.4 Å². The van der Waals surface area contributed by atoms with E-state index >= 15 is 0 Å². The summed E-state index contributed by atoms with van der Waals surface area (Å²) in [5, 5.41) is 0. The maximum absolute atomic E-state index is 5.06. The van der Waals surface area contributed by atoms with Crippen LogP contribution in [0.2, 0.25) is 0 Å². The maximum Gasteiger partial charge on any atom is 0.0856 e. The first-order valence-corrected chi connectivity index (χ1v) is 2.76. The largest absolute Gasteiger partial charge is 0.390 e. The standard InChI is InChI=1S/C7H12N2/c1-4-6(2)7(3)9-5-8/h4-5H,1H2,2-3H3,(H2,8,9)/b7-6-. The minimum Gasteiger partial charge on any atom is -0.390 e. The molecule has 2 nitrogen and oxygen atoms in total. The Kier molecular flexibility index (Phi) is 3.44. The second-order valence-corrected chi connectivity index (χ2v) is 1.75. The van der Waals surface area contributed by atoms with E-state index in [1.54, 1.807) is 6.08 Å². The molecule has 0 atom stereocenters. The first-order chi connectivity index (χ1) is 4.22. The number of hydrogen-bond acceptors (Lipinski definition) is 1. The summed E-state index contributed by atoms with van der Waals surface area (Å²) < 4.78 is 0. The van der Waals surface area contributed by atoms with E-state index in [4.69, 9.17) is 5.73 Å². The van der Waals surface area contributed by atoms with Crippen LogP contribution in [0, 0.1) is 0 Å². The van der Waals surface area contributed by atoms with Gasteiger partial charge in [-0.2, -0.15) is 0 Å². The van der Waals surface area contributed by atoms with Crippen LogP contribution < -0.4 is 5.73 Å². The molecule has 0 radical (unpaired) electrons. The van der Waals surface area contributed by atoms with Crippen LogP contribution in [0.4, 0.5) is 0 Å². The van der Waals surface area contributed by atoms with Gasteiger partial charge in [0.05, 0.1) is 6.34 Å². The van der Waals surface area contributed by atoms with Gasteiger partial charge in [0.25, 0.3) is 0 Å². The fraction of sp³-hybridized carbons (Fsp3) is 0.286. The summed E-state index contributed by atoms with van der Waals surface area (Å²) in [5.74, 6) is 0. The summed E-state index contributed by atoms with van der Waals surface area (Å²) in [6.07, 6.45) is 3.03. The summed E-state index contributed by atoms with van der Waals surface area (Å²) in [4.78, 5) is 3.86. The van der Waals surface area contributed by atoms with Gasteiger partial charge in [-0.1, -0.05) is 12.7 Å². The number of nitrogens with two attached hydrogens (primary N) is 1. The van der Waals surface area contributed by atoms with Gasteiger partial charge >= 0.3 is 0 Å². The lowest BCUT2D eigenvalue weighted by Crippen LogP contribution is -1.88. The molecule has 0 aliphatic rings. The summed E-state index contributed by atoms with van der Waals surface area (Å²) in [6, 6.07) is 0. The summed E-state index contributed by atoms with van der Waals surface area (Å²) in [6.45, 7) is 7.42. The van der Waals surface area contributed by atoms with E-state index in [0.29, 0.717) is 0 Å². The van der Waals surface area contributed by atoms with Crippen LogP contribution in [0.1, 0.15) is 13.8 Å². The van der Waals surface area contributed by atoms with E-state index in [0.717, 1.165) is 11.3 Å². The second-order valence-electron chi connectivity index (χ2n) is 1.75. The van der Waals surface area contributed by atoms with Crippen molar-refractivity contribution >= 4 is 6.34 Å². The van der Waals surface area contributed by atoms with Crippen molar-refractivity contribution in [1.82, 2.24) is 0 Å². The lowest BCUT2D eigenvalue weighted by atomic mass is 10.2. The minimum atomic E-state index is 0.910. The molecule has 0 aromatic carbocycles. The molecule has 9 heavy (non-hydrogen) atoms. The number of aliphatic imine (C=N–C) groups is 1. The molecule has 0 fully saturated rings. The first kappa shape index (κ1) is 7.95. The molecule has 0 bridgehead atoms. The zero-order chi connectivity index (χ0) is 7.28. The van der Waals surface area contributed by atoms with E-state index in [2.05, 4.69) is 11.6 Å². The fourth-order valence-electron chi connectivity index (χ4n) is 0.361. The van der Waals surface area contributed by atoms with Crippen LogP contribution >= 0.6 is 0 Å². The monoisotopic (exact) mass is 124 g/mol. The Hall–Kier alpha value is -1.05. The maximum atomic E-state index is 5.06. The molecule has 2 heteroatoms. The second kappa shape index (κ2) is 3.89. The van der Waals surface area contributed by atoms with Crippen molar-refractivity contribution in [1.29, 1.82) is 0 Å². The van der Waals surface area contributed by atoms with E-state index in [1.165, 1.54) is 6.34 Å². The fourth-order valence-corrected chi connectivity index (χ4v) is 0.361. The predicted octanol–water partition coefficient (Wildman–Crippen LogP) is 1.45. The minimum absolute atomic E-state index is 0.910. The highest BCUT2D eigenvalue weighted by Gasteiger charge is 1.85. The van der Waals surface area contributed by atoms with Crippen molar-refractivity contribution in [2.45, 2.75) is 13.8 Å². The molecule has 0 spiro atoms. The van der Waals surface area contributed by atoms with Crippen molar-refractivity contribution in [3.05, 3.63) is 23.9 Å². The molecule has 0 aliphatic heterocycles. The molecule has 0 rings (SSSR count). The van der Waals surface area contributed by atoms with Gasteiger partial charge in [-0.25, -0.2) is 4.99 Å². The van der Waals surface area contributed by atoms with Crippen molar-refractivity contribution < 1.29 is 0 Å². The van der Waals surface area contributed by atoms with Crippen molar-refractivity contribution in [2.75, 3.05) is 0 Å². The zero-order valence-electron chi connectivity index (χ0n) is 5.89. The van der Waals surface area contributed by atoms with Crippen molar-refractivity contribution in [3.8, 4) is 0 Å². The molecule has 0 saturated carbocycles. The Bertz CT molecular complexity index is 154. The lowest BCUT2D eigenvalue weighted by Gasteiger charge is -1.92. The Morgan fingerprint density at radius 1 is 1.56 bits per heavy atom. The van der Waals surface area contributed by atoms with Crippen LogP contribution in [0.15, 0.2) is 28.9 Å².